The van der Waals surface area contributed by atoms with Crippen LogP contribution in [0, 0.1) is 0 Å². The van der Waals surface area contributed by atoms with Gasteiger partial charge in [0.15, 0.2) is 5.96 Å². The summed E-state index contributed by atoms with van der Waals surface area (Å²) in [5, 5.41) is 7.85. The molecule has 0 bridgehead atoms. The molecule has 0 aliphatic carbocycles. The normalized spacial score (nSPS) is 18.7. The first-order valence-electron chi connectivity index (χ1n) is 10.9. The SMILES string of the molecule is CCN(CC)C(CNC(=NC)NCC(C)N1CCN(C)CC1)c1ccccc1Cl. The lowest BCUT2D eigenvalue weighted by molar-refractivity contribution is 0.120. The van der Waals surface area contributed by atoms with E-state index in [4.69, 9.17) is 11.6 Å². The first-order chi connectivity index (χ1) is 14.0. The molecule has 1 saturated heterocycles. The molecule has 2 rings (SSSR count). The van der Waals surface area contributed by atoms with E-state index in [-0.39, 0.29) is 6.04 Å². The Labute approximate surface area is 182 Å². The topological polar surface area (TPSA) is 46.1 Å². The number of nitrogens with one attached hydrogen (secondary N) is 2. The molecule has 0 amide bonds. The van der Waals surface area contributed by atoms with Gasteiger partial charge in [-0.2, -0.15) is 0 Å². The second kappa shape index (κ2) is 12.4. The van der Waals surface area contributed by atoms with E-state index in [0.29, 0.717) is 6.04 Å². The standard InChI is InChI=1S/C22H39ClN6/c1-6-28(7-2)21(19-10-8-9-11-20(19)23)17-26-22(24-4)25-16-18(3)29-14-12-27(5)13-15-29/h8-11,18,21H,6-7,12-17H2,1-5H3,(H2,24,25,26). The predicted octanol–water partition coefficient (Wildman–Crippen LogP) is 2.52. The van der Waals surface area contributed by atoms with Crippen LogP contribution < -0.4 is 10.6 Å². The van der Waals surface area contributed by atoms with Crippen LogP contribution in [0.2, 0.25) is 5.02 Å². The summed E-state index contributed by atoms with van der Waals surface area (Å²) in [7, 11) is 4.02. The molecule has 0 aromatic heterocycles. The second-order valence-corrected chi connectivity index (χ2v) is 8.19. The molecule has 1 heterocycles. The number of aliphatic imine (C=N–C) groups is 1. The molecule has 6 nitrogen and oxygen atoms in total. The van der Waals surface area contributed by atoms with Gasteiger partial charge in [-0.25, -0.2) is 0 Å². The summed E-state index contributed by atoms with van der Waals surface area (Å²) in [5.41, 5.74) is 1.16. The highest BCUT2D eigenvalue weighted by Gasteiger charge is 2.22. The molecule has 7 heteroatoms. The summed E-state index contributed by atoms with van der Waals surface area (Å²) in [6.45, 7) is 14.8. The van der Waals surface area contributed by atoms with Gasteiger partial charge in [-0.05, 0) is 38.7 Å². The minimum Gasteiger partial charge on any atom is -0.355 e. The Bertz CT molecular complexity index is 625. The lowest BCUT2D eigenvalue weighted by Crippen LogP contribution is -2.52. The number of benzene rings is 1. The maximum Gasteiger partial charge on any atom is 0.191 e. The maximum absolute atomic E-state index is 6.52. The molecule has 2 unspecified atom stereocenters. The molecule has 0 saturated carbocycles. The summed E-state index contributed by atoms with van der Waals surface area (Å²) in [5.74, 6) is 0.843. The Morgan fingerprint density at radius 2 is 1.72 bits per heavy atom. The van der Waals surface area contributed by atoms with Gasteiger partial charge >= 0.3 is 0 Å². The molecule has 29 heavy (non-hydrogen) atoms. The van der Waals surface area contributed by atoms with Gasteiger partial charge in [-0.3, -0.25) is 14.8 Å². The van der Waals surface area contributed by atoms with Crippen molar-refractivity contribution >= 4 is 17.6 Å². The van der Waals surface area contributed by atoms with Crippen LogP contribution in [0.4, 0.5) is 0 Å². The molecule has 1 aliphatic rings. The number of hydrogen-bond donors (Lipinski definition) is 2. The van der Waals surface area contributed by atoms with Gasteiger partial charge in [-0.1, -0.05) is 43.6 Å². The fourth-order valence-electron chi connectivity index (χ4n) is 3.90. The highest BCUT2D eigenvalue weighted by atomic mass is 35.5. The molecule has 2 N–H and O–H groups in total. The zero-order chi connectivity index (χ0) is 21.2. The number of guanidine groups is 1. The van der Waals surface area contributed by atoms with Gasteiger partial charge in [-0.15, -0.1) is 0 Å². The lowest BCUT2D eigenvalue weighted by Gasteiger charge is -2.36. The molecule has 0 radical (unpaired) electrons. The van der Waals surface area contributed by atoms with Crippen molar-refractivity contribution in [2.45, 2.75) is 32.9 Å². The summed E-state index contributed by atoms with van der Waals surface area (Å²) in [6.07, 6.45) is 0. The van der Waals surface area contributed by atoms with Crippen LogP contribution >= 0.6 is 11.6 Å². The first-order valence-corrected chi connectivity index (χ1v) is 11.2. The van der Waals surface area contributed by atoms with Crippen LogP contribution in [0.5, 0.6) is 0 Å². The highest BCUT2D eigenvalue weighted by molar-refractivity contribution is 6.31. The first kappa shape index (κ1) is 23.9. The third-order valence-corrected chi connectivity index (χ3v) is 6.27. The highest BCUT2D eigenvalue weighted by Crippen LogP contribution is 2.26. The Morgan fingerprint density at radius 3 is 2.31 bits per heavy atom. The fourth-order valence-corrected chi connectivity index (χ4v) is 4.16. The molecule has 1 aromatic carbocycles. The van der Waals surface area contributed by atoms with Crippen LogP contribution in [0.25, 0.3) is 0 Å². The van der Waals surface area contributed by atoms with E-state index < -0.39 is 0 Å². The number of rotatable bonds is 9. The zero-order valence-electron chi connectivity index (χ0n) is 18.8. The van der Waals surface area contributed by atoms with E-state index in [1.807, 2.05) is 19.2 Å². The van der Waals surface area contributed by atoms with Crippen molar-refractivity contribution in [3.63, 3.8) is 0 Å². The molecule has 1 fully saturated rings. The predicted molar refractivity (Wildman–Crippen MR) is 125 cm³/mol. The minimum absolute atomic E-state index is 0.201. The van der Waals surface area contributed by atoms with Gasteiger partial charge in [0, 0.05) is 57.4 Å². The van der Waals surface area contributed by atoms with E-state index in [1.165, 1.54) is 0 Å². The van der Waals surface area contributed by atoms with Crippen LogP contribution in [0.1, 0.15) is 32.4 Å². The van der Waals surface area contributed by atoms with Crippen LogP contribution in [0.3, 0.4) is 0 Å². The van der Waals surface area contributed by atoms with E-state index in [2.05, 4.69) is 70.3 Å². The van der Waals surface area contributed by atoms with Gasteiger partial charge in [0.05, 0.1) is 6.04 Å². The maximum atomic E-state index is 6.52. The third-order valence-electron chi connectivity index (χ3n) is 5.93. The minimum atomic E-state index is 0.201. The van der Waals surface area contributed by atoms with Gasteiger partial charge < -0.3 is 15.5 Å². The van der Waals surface area contributed by atoms with E-state index in [9.17, 15) is 0 Å². The van der Waals surface area contributed by atoms with Gasteiger partial charge in [0.1, 0.15) is 0 Å². The summed E-state index contributed by atoms with van der Waals surface area (Å²) in [6, 6.07) is 8.81. The Balaban J connectivity index is 1.93. The fraction of sp³-hybridized carbons (Fsp3) is 0.682. The van der Waals surface area contributed by atoms with E-state index in [1.54, 1.807) is 0 Å². The molecule has 1 aliphatic heterocycles. The number of nitrogens with zero attached hydrogens (tertiary/aromatic N) is 4. The van der Waals surface area contributed by atoms with Crippen molar-refractivity contribution in [3.05, 3.63) is 34.9 Å². The molecule has 0 spiro atoms. The van der Waals surface area contributed by atoms with Gasteiger partial charge in [0.25, 0.3) is 0 Å². The van der Waals surface area contributed by atoms with Crippen LogP contribution in [0.15, 0.2) is 29.3 Å². The number of likely N-dealkylation sites (N-methyl/N-ethyl adjacent to an activating group) is 2. The van der Waals surface area contributed by atoms with Crippen molar-refractivity contribution in [2.24, 2.45) is 4.99 Å². The third kappa shape index (κ3) is 7.14. The van der Waals surface area contributed by atoms with Gasteiger partial charge in [0.2, 0.25) is 0 Å². The van der Waals surface area contributed by atoms with Crippen molar-refractivity contribution < 1.29 is 0 Å². The van der Waals surface area contributed by atoms with Crippen molar-refractivity contribution in [1.82, 2.24) is 25.3 Å². The Hall–Kier alpha value is -1.34. The van der Waals surface area contributed by atoms with Crippen molar-refractivity contribution in [2.75, 3.05) is 66.5 Å². The largest absolute Gasteiger partial charge is 0.355 e. The molecular weight excluding hydrogens is 384 g/mol. The van der Waals surface area contributed by atoms with Crippen molar-refractivity contribution in [1.29, 1.82) is 0 Å². The summed E-state index contributed by atoms with van der Waals surface area (Å²) in [4.78, 5) is 11.8. The smallest absolute Gasteiger partial charge is 0.191 e. The van der Waals surface area contributed by atoms with E-state index >= 15 is 0 Å². The molecule has 2 atom stereocenters. The second-order valence-electron chi connectivity index (χ2n) is 7.78. The average Bonchev–Trinajstić information content (AvgIpc) is 2.74. The summed E-state index contributed by atoms with van der Waals surface area (Å²) < 4.78 is 0. The van der Waals surface area contributed by atoms with Crippen LogP contribution in [-0.2, 0) is 0 Å². The molecular formula is C22H39ClN6. The molecule has 164 valence electrons. The van der Waals surface area contributed by atoms with E-state index in [0.717, 1.165) is 68.9 Å². The average molecular weight is 423 g/mol. The number of piperazine rings is 1. The Morgan fingerprint density at radius 1 is 1.10 bits per heavy atom. The number of hydrogen-bond acceptors (Lipinski definition) is 4. The number of halogens is 1. The summed E-state index contributed by atoms with van der Waals surface area (Å²) >= 11 is 6.52. The monoisotopic (exact) mass is 422 g/mol. The van der Waals surface area contributed by atoms with Crippen molar-refractivity contribution in [3.8, 4) is 0 Å². The zero-order valence-corrected chi connectivity index (χ0v) is 19.5. The Kier molecular flexibility index (Phi) is 10.2. The molecule has 1 aromatic rings. The van der Waals surface area contributed by atoms with Crippen LogP contribution in [-0.4, -0.2) is 93.2 Å². The lowest BCUT2D eigenvalue weighted by atomic mass is 10.0. The quantitative estimate of drug-likeness (QED) is 0.473.